The van der Waals surface area contributed by atoms with E-state index in [0.29, 0.717) is 11.1 Å². The van der Waals surface area contributed by atoms with Gasteiger partial charge in [0.15, 0.2) is 5.82 Å². The van der Waals surface area contributed by atoms with Crippen LogP contribution in [0, 0.1) is 11.8 Å². The minimum Gasteiger partial charge on any atom is -0.336 e. The molecule has 1 amide bonds. The van der Waals surface area contributed by atoms with Crippen LogP contribution >= 0.6 is 11.3 Å². The molecule has 0 N–H and O–H groups in total. The van der Waals surface area contributed by atoms with Gasteiger partial charge in [-0.25, -0.2) is 13.8 Å². The van der Waals surface area contributed by atoms with Gasteiger partial charge in [-0.1, -0.05) is 0 Å². The highest BCUT2D eigenvalue weighted by Gasteiger charge is 2.41. The molecule has 2 aromatic rings. The summed E-state index contributed by atoms with van der Waals surface area (Å²) in [6, 6.07) is 2.81. The van der Waals surface area contributed by atoms with Crippen molar-refractivity contribution in [2.75, 3.05) is 13.1 Å². The highest BCUT2D eigenvalue weighted by atomic mass is 32.1. The average molecular weight is 326 g/mol. The lowest BCUT2D eigenvalue weighted by Crippen LogP contribution is -2.59. The zero-order valence-corrected chi connectivity index (χ0v) is 12.6. The molecule has 0 aliphatic carbocycles. The number of amides is 1. The van der Waals surface area contributed by atoms with Crippen LogP contribution in [-0.4, -0.2) is 34.5 Å². The lowest BCUT2D eigenvalue weighted by Gasteiger charge is -2.42. The number of thiophene rings is 1. The average Bonchev–Trinajstić information content (AvgIpc) is 2.87. The van der Waals surface area contributed by atoms with Crippen molar-refractivity contribution in [1.82, 2.24) is 9.88 Å². The molecule has 3 nitrogen and oxygen atoms in total. The summed E-state index contributed by atoms with van der Waals surface area (Å²) in [5, 5.41) is 1.76. The maximum atomic E-state index is 13.4. The molecule has 0 unspecified atom stereocenters. The fraction of sp³-hybridized carbons (Fsp3) is 0.333. The second kappa shape index (κ2) is 5.39. The SMILES string of the molecule is CC1(F)CN(C(=O)Cc2cc(-c3cnc(F)c(F)c3)cs2)C1. The van der Waals surface area contributed by atoms with Crippen molar-refractivity contribution in [2.24, 2.45) is 0 Å². The maximum absolute atomic E-state index is 13.4. The van der Waals surface area contributed by atoms with Gasteiger partial charge in [0.1, 0.15) is 5.67 Å². The van der Waals surface area contributed by atoms with Crippen molar-refractivity contribution in [3.8, 4) is 11.1 Å². The van der Waals surface area contributed by atoms with Crippen molar-refractivity contribution in [3.05, 3.63) is 40.4 Å². The maximum Gasteiger partial charge on any atom is 0.248 e. The van der Waals surface area contributed by atoms with Crippen LogP contribution in [-0.2, 0) is 11.2 Å². The van der Waals surface area contributed by atoms with E-state index in [-0.39, 0.29) is 25.4 Å². The van der Waals surface area contributed by atoms with E-state index in [1.807, 2.05) is 0 Å². The molecule has 3 heterocycles. The van der Waals surface area contributed by atoms with Crippen molar-refractivity contribution in [1.29, 1.82) is 0 Å². The summed E-state index contributed by atoms with van der Waals surface area (Å²) in [5.41, 5.74) is -0.152. The molecule has 0 aromatic carbocycles. The number of pyridine rings is 1. The Kier molecular flexibility index (Phi) is 3.68. The van der Waals surface area contributed by atoms with Crippen LogP contribution < -0.4 is 0 Å². The molecule has 0 bridgehead atoms. The third-order valence-corrected chi connectivity index (χ3v) is 4.44. The van der Waals surface area contributed by atoms with Crippen molar-refractivity contribution in [3.63, 3.8) is 0 Å². The van der Waals surface area contributed by atoms with Gasteiger partial charge in [-0.2, -0.15) is 4.39 Å². The van der Waals surface area contributed by atoms with Gasteiger partial charge in [0.25, 0.3) is 0 Å². The number of halogens is 3. The van der Waals surface area contributed by atoms with E-state index in [1.165, 1.54) is 29.4 Å². The number of hydrogen-bond acceptors (Lipinski definition) is 3. The minimum atomic E-state index is -1.28. The molecule has 0 atom stereocenters. The quantitative estimate of drug-likeness (QED) is 0.812. The van der Waals surface area contributed by atoms with Gasteiger partial charge in [0, 0.05) is 16.6 Å². The summed E-state index contributed by atoms with van der Waals surface area (Å²) in [6.45, 7) is 1.71. The molecule has 22 heavy (non-hydrogen) atoms. The highest BCUT2D eigenvalue weighted by molar-refractivity contribution is 7.10. The molecule has 1 fully saturated rings. The van der Waals surface area contributed by atoms with E-state index in [1.54, 1.807) is 11.4 Å². The number of hydrogen-bond donors (Lipinski definition) is 0. The summed E-state index contributed by atoms with van der Waals surface area (Å²) in [7, 11) is 0. The van der Waals surface area contributed by atoms with Gasteiger partial charge in [-0.3, -0.25) is 4.79 Å². The normalized spacial score (nSPS) is 16.5. The Morgan fingerprint density at radius 2 is 2.09 bits per heavy atom. The molecular formula is C15H13F3N2OS. The molecule has 0 radical (unpaired) electrons. The number of carbonyl (C=O) groups is 1. The van der Waals surface area contributed by atoms with Gasteiger partial charge < -0.3 is 4.90 Å². The van der Waals surface area contributed by atoms with E-state index < -0.39 is 17.4 Å². The third kappa shape index (κ3) is 2.99. The van der Waals surface area contributed by atoms with Crippen LogP contribution in [0.5, 0.6) is 0 Å². The molecule has 1 aliphatic heterocycles. The summed E-state index contributed by atoms with van der Waals surface area (Å²) >= 11 is 1.35. The van der Waals surface area contributed by atoms with Crippen LogP contribution in [0.4, 0.5) is 13.2 Å². The molecule has 0 spiro atoms. The zero-order chi connectivity index (χ0) is 15.9. The predicted molar refractivity (Wildman–Crippen MR) is 77.3 cm³/mol. The fourth-order valence-electron chi connectivity index (χ4n) is 2.39. The molecule has 3 rings (SSSR count). The predicted octanol–water partition coefficient (Wildman–Crippen LogP) is 3.20. The topological polar surface area (TPSA) is 33.2 Å². The first kappa shape index (κ1) is 15.0. The smallest absolute Gasteiger partial charge is 0.248 e. The first-order valence-corrected chi connectivity index (χ1v) is 7.57. The third-order valence-electron chi connectivity index (χ3n) is 3.50. The summed E-state index contributed by atoms with van der Waals surface area (Å²) in [5.74, 6) is -2.28. The fourth-order valence-corrected chi connectivity index (χ4v) is 3.27. The molecular weight excluding hydrogens is 313 g/mol. The van der Waals surface area contributed by atoms with Crippen LogP contribution in [0.2, 0.25) is 0 Å². The summed E-state index contributed by atoms with van der Waals surface area (Å²) in [6.07, 6.45) is 1.42. The summed E-state index contributed by atoms with van der Waals surface area (Å²) < 4.78 is 39.4. The Labute approximate surface area is 129 Å². The van der Waals surface area contributed by atoms with Crippen molar-refractivity contribution in [2.45, 2.75) is 19.0 Å². The van der Waals surface area contributed by atoms with E-state index in [2.05, 4.69) is 4.98 Å². The number of alkyl halides is 1. The Hall–Kier alpha value is -1.89. The Bertz CT molecular complexity index is 721. The zero-order valence-electron chi connectivity index (χ0n) is 11.8. The Morgan fingerprint density at radius 3 is 2.73 bits per heavy atom. The van der Waals surface area contributed by atoms with E-state index in [4.69, 9.17) is 0 Å². The summed E-state index contributed by atoms with van der Waals surface area (Å²) in [4.78, 5) is 17.6. The monoisotopic (exact) mass is 326 g/mol. The standard InChI is InChI=1S/C15H13F3N2OS/c1-15(18)7-20(8-15)13(21)4-11-2-10(6-22-11)9-3-12(16)14(17)19-5-9/h2-3,5-6H,4,7-8H2,1H3. The number of rotatable bonds is 3. The van der Waals surface area contributed by atoms with E-state index in [0.717, 1.165) is 10.9 Å². The number of carbonyl (C=O) groups excluding carboxylic acids is 1. The van der Waals surface area contributed by atoms with Crippen LogP contribution in [0.1, 0.15) is 11.8 Å². The lowest BCUT2D eigenvalue weighted by atomic mass is 9.98. The van der Waals surface area contributed by atoms with Crippen LogP contribution in [0.25, 0.3) is 11.1 Å². The molecule has 116 valence electrons. The van der Waals surface area contributed by atoms with Crippen LogP contribution in [0.15, 0.2) is 23.7 Å². The van der Waals surface area contributed by atoms with Gasteiger partial charge in [-0.15, -0.1) is 11.3 Å². The first-order valence-electron chi connectivity index (χ1n) is 6.70. The van der Waals surface area contributed by atoms with Crippen molar-refractivity contribution >= 4 is 17.2 Å². The molecule has 7 heteroatoms. The Morgan fingerprint density at radius 1 is 1.36 bits per heavy atom. The molecule has 2 aromatic heterocycles. The Balaban J connectivity index is 1.69. The lowest BCUT2D eigenvalue weighted by molar-refractivity contribution is -0.143. The largest absolute Gasteiger partial charge is 0.336 e. The van der Waals surface area contributed by atoms with Gasteiger partial charge in [-0.05, 0) is 30.0 Å². The molecule has 0 saturated carbocycles. The van der Waals surface area contributed by atoms with Gasteiger partial charge >= 0.3 is 0 Å². The number of nitrogens with zero attached hydrogens (tertiary/aromatic N) is 2. The van der Waals surface area contributed by atoms with E-state index >= 15 is 0 Å². The van der Waals surface area contributed by atoms with E-state index in [9.17, 15) is 18.0 Å². The first-order chi connectivity index (χ1) is 10.3. The van der Waals surface area contributed by atoms with Gasteiger partial charge in [0.2, 0.25) is 11.9 Å². The molecule has 1 saturated heterocycles. The number of aromatic nitrogens is 1. The molecule has 1 aliphatic rings. The second-order valence-electron chi connectivity index (χ2n) is 5.64. The van der Waals surface area contributed by atoms with Crippen molar-refractivity contribution < 1.29 is 18.0 Å². The van der Waals surface area contributed by atoms with Crippen LogP contribution in [0.3, 0.4) is 0 Å². The second-order valence-corrected chi connectivity index (χ2v) is 6.63. The number of likely N-dealkylation sites (tertiary alicyclic amines) is 1. The minimum absolute atomic E-state index is 0.122. The van der Waals surface area contributed by atoms with Gasteiger partial charge in [0.05, 0.1) is 19.5 Å². The highest BCUT2D eigenvalue weighted by Crippen LogP contribution is 2.29.